The number of aliphatic imine (C=N–C) groups is 2. The third-order valence-electron chi connectivity index (χ3n) is 2.65. The highest BCUT2D eigenvalue weighted by molar-refractivity contribution is 8.13. The van der Waals surface area contributed by atoms with E-state index in [1.54, 1.807) is 26.3 Å². The predicted molar refractivity (Wildman–Crippen MR) is 92.6 cm³/mol. The van der Waals surface area contributed by atoms with E-state index in [-0.39, 0.29) is 11.3 Å². The van der Waals surface area contributed by atoms with Crippen LogP contribution in [-0.4, -0.2) is 74.6 Å². The minimum absolute atomic E-state index is 0.0737. The lowest BCUT2D eigenvalue weighted by Gasteiger charge is -2.36. The Morgan fingerprint density at radius 2 is 2.26 bits per heavy atom. The molecule has 132 valence electrons. The lowest BCUT2D eigenvalue weighted by molar-refractivity contribution is -0.0213. The molecule has 1 aliphatic rings. The number of carbonyl (C=O) groups is 1. The van der Waals surface area contributed by atoms with Crippen molar-refractivity contribution in [1.29, 1.82) is 0 Å². The zero-order valence-electron chi connectivity index (χ0n) is 14.3. The molecule has 9 nitrogen and oxygen atoms in total. The Labute approximate surface area is 141 Å². The van der Waals surface area contributed by atoms with E-state index in [0.29, 0.717) is 30.7 Å². The van der Waals surface area contributed by atoms with E-state index in [1.165, 1.54) is 11.8 Å². The van der Waals surface area contributed by atoms with Gasteiger partial charge in [-0.15, -0.1) is 0 Å². The summed E-state index contributed by atoms with van der Waals surface area (Å²) < 4.78 is 10.5. The molecule has 0 aromatic carbocycles. The summed E-state index contributed by atoms with van der Waals surface area (Å²) in [6, 6.07) is 0.180. The van der Waals surface area contributed by atoms with Crippen molar-refractivity contribution in [2.24, 2.45) is 9.98 Å². The zero-order valence-corrected chi connectivity index (χ0v) is 15.1. The number of hydrogen-bond donors (Lipinski definition) is 3. The van der Waals surface area contributed by atoms with Gasteiger partial charge in [0.2, 0.25) is 12.3 Å². The molecule has 0 radical (unpaired) electrons. The molecule has 0 saturated heterocycles. The summed E-state index contributed by atoms with van der Waals surface area (Å²) in [4.78, 5) is 20.1. The molecule has 0 fully saturated rings. The summed E-state index contributed by atoms with van der Waals surface area (Å²) in [6.07, 6.45) is -0.533. The normalized spacial score (nSPS) is 19.7. The number of nitrogens with zero attached hydrogens (tertiary/aromatic N) is 3. The Kier molecular flexibility index (Phi) is 8.92. The summed E-state index contributed by atoms with van der Waals surface area (Å²) in [5, 5.41) is 7.34. The van der Waals surface area contributed by atoms with Crippen LogP contribution in [0.1, 0.15) is 13.8 Å². The Morgan fingerprint density at radius 1 is 1.52 bits per heavy atom. The smallest absolute Gasteiger partial charge is 0.278 e. The highest BCUT2D eigenvalue weighted by Crippen LogP contribution is 2.08. The van der Waals surface area contributed by atoms with E-state index in [1.807, 2.05) is 13.8 Å². The van der Waals surface area contributed by atoms with Gasteiger partial charge in [-0.1, -0.05) is 11.8 Å². The first kappa shape index (κ1) is 19.7. The van der Waals surface area contributed by atoms with Crippen molar-refractivity contribution < 1.29 is 14.3 Å². The van der Waals surface area contributed by atoms with Crippen molar-refractivity contribution >= 4 is 28.8 Å². The van der Waals surface area contributed by atoms with E-state index in [2.05, 4.69) is 26.0 Å². The first-order valence-electron chi connectivity index (χ1n) is 7.31. The third kappa shape index (κ3) is 6.73. The quantitative estimate of drug-likeness (QED) is 0.540. The largest absolute Gasteiger partial charge is 0.377 e. The van der Waals surface area contributed by atoms with Gasteiger partial charge in [-0.2, -0.15) is 0 Å². The molecule has 23 heavy (non-hydrogen) atoms. The van der Waals surface area contributed by atoms with Gasteiger partial charge in [0.25, 0.3) is 5.24 Å². The first-order valence-corrected chi connectivity index (χ1v) is 8.30. The van der Waals surface area contributed by atoms with Gasteiger partial charge in [0.15, 0.2) is 0 Å². The van der Waals surface area contributed by atoms with E-state index in [9.17, 15) is 4.79 Å². The number of amidine groups is 1. The second-order valence-corrected chi connectivity index (χ2v) is 6.01. The second-order valence-electron chi connectivity index (χ2n) is 4.94. The maximum Gasteiger partial charge on any atom is 0.278 e. The summed E-state index contributed by atoms with van der Waals surface area (Å²) in [5.74, 6) is 1.80. The maximum atomic E-state index is 11.2. The number of hydrogen-bond acceptors (Lipinski definition) is 7. The highest BCUT2D eigenvalue weighted by Gasteiger charge is 2.28. The number of thioether (sulfide) groups is 1. The van der Waals surface area contributed by atoms with E-state index in [0.717, 1.165) is 0 Å². The van der Waals surface area contributed by atoms with Crippen LogP contribution >= 0.6 is 11.8 Å². The fourth-order valence-electron chi connectivity index (χ4n) is 1.77. The predicted octanol–water partition coefficient (Wildman–Crippen LogP) is 0.208. The monoisotopic (exact) mass is 346 g/mol. The van der Waals surface area contributed by atoms with Crippen LogP contribution in [0.3, 0.4) is 0 Å². The maximum absolute atomic E-state index is 11.2. The van der Waals surface area contributed by atoms with Crippen LogP contribution in [0.4, 0.5) is 4.79 Å². The van der Waals surface area contributed by atoms with Crippen LogP contribution in [0, 0.1) is 0 Å². The molecule has 0 aromatic rings. The molecular weight excluding hydrogens is 320 g/mol. The molecule has 1 aliphatic heterocycles. The van der Waals surface area contributed by atoms with Gasteiger partial charge in [0.05, 0.1) is 6.54 Å². The van der Waals surface area contributed by atoms with Crippen LogP contribution in [0.15, 0.2) is 9.98 Å². The third-order valence-corrected chi connectivity index (χ3v) is 3.50. The molecule has 0 aliphatic carbocycles. The molecule has 1 atom stereocenters. The Hall–Kier alpha value is -1.36. The second kappa shape index (κ2) is 10.4. The molecule has 0 spiro atoms. The minimum atomic E-state index is -0.533. The lowest BCUT2D eigenvalue weighted by atomic mass is 10.4. The number of ether oxygens (including phenoxy) is 2. The molecular formula is C13H26N6O3S. The standard InChI is InChI=1S/C13H26N6O3S/c1-9(2)18-19-11(15-6-7-23-13(20)14-3)16-10(8-21-4)17-12(19)22-5/h9,12,18H,6-8H2,1-5H3,(H,14,20)(H,15,16,17). The van der Waals surface area contributed by atoms with Gasteiger partial charge < -0.3 is 20.1 Å². The Bertz CT molecular complexity index is 443. The number of guanidine groups is 1. The van der Waals surface area contributed by atoms with E-state index in [4.69, 9.17) is 9.47 Å². The molecule has 1 unspecified atom stereocenters. The van der Waals surface area contributed by atoms with Gasteiger partial charge >= 0.3 is 0 Å². The van der Waals surface area contributed by atoms with Crippen LogP contribution < -0.4 is 16.1 Å². The summed E-state index contributed by atoms with van der Waals surface area (Å²) >= 11 is 1.19. The number of amides is 1. The minimum Gasteiger partial charge on any atom is -0.377 e. The SMILES string of the molecule is CNC(=O)SCCN=C1NC(COC)=NC(OC)N1NC(C)C. The van der Waals surface area contributed by atoms with E-state index >= 15 is 0 Å². The van der Waals surface area contributed by atoms with Gasteiger partial charge in [0, 0.05) is 33.1 Å². The van der Waals surface area contributed by atoms with Crippen molar-refractivity contribution in [2.45, 2.75) is 26.2 Å². The number of rotatable bonds is 8. The van der Waals surface area contributed by atoms with Crippen LogP contribution in [0.5, 0.6) is 0 Å². The zero-order chi connectivity index (χ0) is 17.2. The average molecular weight is 346 g/mol. The van der Waals surface area contributed by atoms with Crippen LogP contribution in [-0.2, 0) is 9.47 Å². The number of carbonyl (C=O) groups excluding carboxylic acids is 1. The van der Waals surface area contributed by atoms with Crippen LogP contribution in [0.2, 0.25) is 0 Å². The lowest BCUT2D eigenvalue weighted by Crippen LogP contribution is -2.61. The van der Waals surface area contributed by atoms with Gasteiger partial charge in [-0.05, 0) is 13.8 Å². The van der Waals surface area contributed by atoms with Crippen molar-refractivity contribution in [2.75, 3.05) is 40.2 Å². The Balaban J connectivity index is 2.80. The molecule has 3 N–H and O–H groups in total. The van der Waals surface area contributed by atoms with Crippen molar-refractivity contribution in [1.82, 2.24) is 21.1 Å². The molecule has 0 saturated carbocycles. The summed E-state index contributed by atoms with van der Waals surface area (Å²) in [6.45, 7) is 4.84. The van der Waals surface area contributed by atoms with Crippen molar-refractivity contribution in [3.63, 3.8) is 0 Å². The van der Waals surface area contributed by atoms with Gasteiger partial charge in [-0.3, -0.25) is 9.79 Å². The van der Waals surface area contributed by atoms with Crippen LogP contribution in [0.25, 0.3) is 0 Å². The summed E-state index contributed by atoms with van der Waals surface area (Å²) in [5.41, 5.74) is 3.24. The molecule has 1 heterocycles. The molecule has 1 rings (SSSR count). The van der Waals surface area contributed by atoms with Gasteiger partial charge in [-0.25, -0.2) is 15.4 Å². The van der Waals surface area contributed by atoms with Crippen molar-refractivity contribution in [3.8, 4) is 0 Å². The molecule has 0 bridgehead atoms. The topological polar surface area (TPSA) is 99.6 Å². The highest BCUT2D eigenvalue weighted by atomic mass is 32.2. The first-order chi connectivity index (χ1) is 11.0. The number of methoxy groups -OCH3 is 2. The van der Waals surface area contributed by atoms with E-state index < -0.39 is 6.35 Å². The molecule has 1 amide bonds. The van der Waals surface area contributed by atoms with Crippen molar-refractivity contribution in [3.05, 3.63) is 0 Å². The van der Waals surface area contributed by atoms with Gasteiger partial charge in [0.1, 0.15) is 12.4 Å². The summed E-state index contributed by atoms with van der Waals surface area (Å²) in [7, 11) is 4.79. The fraction of sp³-hybridized carbons (Fsp3) is 0.769. The number of hydrazine groups is 1. The molecule has 0 aromatic heterocycles. The fourth-order valence-corrected chi connectivity index (χ4v) is 2.28. The molecule has 10 heteroatoms. The Morgan fingerprint density at radius 3 is 2.83 bits per heavy atom. The number of nitrogens with one attached hydrogen (secondary N) is 3. The average Bonchev–Trinajstić information content (AvgIpc) is 2.52.